The van der Waals surface area contributed by atoms with Crippen LogP contribution in [0.5, 0.6) is 0 Å². The van der Waals surface area contributed by atoms with Gasteiger partial charge in [0, 0.05) is 23.9 Å². The van der Waals surface area contributed by atoms with Crippen molar-refractivity contribution in [2.24, 2.45) is 0 Å². The predicted molar refractivity (Wildman–Crippen MR) is 85.3 cm³/mol. The van der Waals surface area contributed by atoms with Crippen molar-refractivity contribution in [1.82, 2.24) is 9.78 Å². The normalized spacial score (nSPS) is 16.5. The number of Topliss-reactive ketones (excluding diaryl/α,β-unsaturated/α-hetero) is 1. The van der Waals surface area contributed by atoms with E-state index in [1.54, 1.807) is 0 Å². The number of hydrogen-bond acceptors (Lipinski definition) is 3. The standard InChI is InChI=1S/C16H26N2OS/c1-3-13-10-14(18(4-2)17-13)11-15(19)12-20-16-8-6-5-7-9-16/h10,16H,3-9,11-12H2,1-2H3. The average Bonchev–Trinajstić information content (AvgIpc) is 2.88. The molecule has 1 aromatic rings. The summed E-state index contributed by atoms with van der Waals surface area (Å²) in [4.78, 5) is 12.2. The lowest BCUT2D eigenvalue weighted by Gasteiger charge is -2.20. The number of aryl methyl sites for hydroxylation is 2. The zero-order valence-corrected chi connectivity index (χ0v) is 13.5. The zero-order chi connectivity index (χ0) is 14.4. The molecule has 0 saturated heterocycles. The fraction of sp³-hybridized carbons (Fsp3) is 0.750. The molecule has 2 rings (SSSR count). The third-order valence-electron chi connectivity index (χ3n) is 3.99. The number of nitrogens with zero attached hydrogens (tertiary/aromatic N) is 2. The smallest absolute Gasteiger partial charge is 0.148 e. The predicted octanol–water partition coefficient (Wildman–Crippen LogP) is 3.64. The molecule has 0 spiro atoms. The summed E-state index contributed by atoms with van der Waals surface area (Å²) in [6.45, 7) is 5.03. The monoisotopic (exact) mass is 294 g/mol. The van der Waals surface area contributed by atoms with E-state index in [9.17, 15) is 4.79 Å². The van der Waals surface area contributed by atoms with Gasteiger partial charge < -0.3 is 0 Å². The first-order valence-corrected chi connectivity index (χ1v) is 8.96. The van der Waals surface area contributed by atoms with E-state index in [0.717, 1.165) is 29.6 Å². The van der Waals surface area contributed by atoms with Crippen LogP contribution in [0.2, 0.25) is 0 Å². The highest BCUT2D eigenvalue weighted by molar-refractivity contribution is 8.00. The van der Waals surface area contributed by atoms with Crippen LogP contribution in [0.15, 0.2) is 6.07 Å². The molecule has 1 aromatic heterocycles. The van der Waals surface area contributed by atoms with Crippen molar-refractivity contribution in [2.45, 2.75) is 70.6 Å². The van der Waals surface area contributed by atoms with Gasteiger partial charge in [-0.15, -0.1) is 0 Å². The second-order valence-electron chi connectivity index (χ2n) is 5.58. The molecule has 0 radical (unpaired) electrons. The van der Waals surface area contributed by atoms with Crippen LogP contribution in [0.1, 0.15) is 57.3 Å². The second kappa shape index (κ2) is 7.87. The molecule has 1 aliphatic rings. The Kier molecular flexibility index (Phi) is 6.14. The first-order chi connectivity index (χ1) is 9.72. The Morgan fingerprint density at radius 1 is 1.35 bits per heavy atom. The van der Waals surface area contributed by atoms with Gasteiger partial charge in [0.2, 0.25) is 0 Å². The summed E-state index contributed by atoms with van der Waals surface area (Å²) in [7, 11) is 0. The molecular formula is C16H26N2OS. The molecule has 0 N–H and O–H groups in total. The van der Waals surface area contributed by atoms with E-state index in [-0.39, 0.29) is 0 Å². The van der Waals surface area contributed by atoms with Crippen LogP contribution in [0.3, 0.4) is 0 Å². The number of hydrogen-bond donors (Lipinski definition) is 0. The molecule has 1 aliphatic carbocycles. The molecule has 0 unspecified atom stereocenters. The van der Waals surface area contributed by atoms with E-state index in [2.05, 4.69) is 25.0 Å². The maximum atomic E-state index is 12.2. The van der Waals surface area contributed by atoms with E-state index in [1.807, 2.05) is 16.4 Å². The fourth-order valence-corrected chi connectivity index (χ4v) is 3.99. The minimum atomic E-state index is 0.345. The van der Waals surface area contributed by atoms with Crippen LogP contribution in [0.4, 0.5) is 0 Å². The number of thioether (sulfide) groups is 1. The molecule has 4 heteroatoms. The van der Waals surface area contributed by atoms with E-state index in [1.165, 1.54) is 32.1 Å². The summed E-state index contributed by atoms with van der Waals surface area (Å²) in [5, 5.41) is 5.23. The summed E-state index contributed by atoms with van der Waals surface area (Å²) < 4.78 is 1.97. The van der Waals surface area contributed by atoms with Crippen molar-refractivity contribution in [3.05, 3.63) is 17.5 Å². The van der Waals surface area contributed by atoms with E-state index in [4.69, 9.17) is 0 Å². The number of rotatable bonds is 7. The van der Waals surface area contributed by atoms with Gasteiger partial charge in [-0.2, -0.15) is 16.9 Å². The van der Waals surface area contributed by atoms with Gasteiger partial charge in [-0.05, 0) is 32.3 Å². The van der Waals surface area contributed by atoms with Crippen molar-refractivity contribution in [3.63, 3.8) is 0 Å². The molecule has 1 fully saturated rings. The molecule has 0 atom stereocenters. The van der Waals surface area contributed by atoms with Gasteiger partial charge in [-0.3, -0.25) is 9.48 Å². The number of carbonyl (C=O) groups is 1. The Bertz CT molecular complexity index is 436. The van der Waals surface area contributed by atoms with Crippen LogP contribution in [-0.2, 0) is 24.2 Å². The topological polar surface area (TPSA) is 34.9 Å². The van der Waals surface area contributed by atoms with Crippen LogP contribution in [-0.4, -0.2) is 26.6 Å². The SMILES string of the molecule is CCc1cc(CC(=O)CSC2CCCCC2)n(CC)n1. The third-order valence-corrected chi connectivity index (χ3v) is 5.42. The van der Waals surface area contributed by atoms with Gasteiger partial charge in [0.25, 0.3) is 0 Å². The third kappa shape index (κ3) is 4.37. The Labute approximate surface area is 126 Å². The van der Waals surface area contributed by atoms with E-state index in [0.29, 0.717) is 18.0 Å². The van der Waals surface area contributed by atoms with Crippen LogP contribution in [0.25, 0.3) is 0 Å². The largest absolute Gasteiger partial charge is 0.298 e. The van der Waals surface area contributed by atoms with Crippen LogP contribution < -0.4 is 0 Å². The maximum Gasteiger partial charge on any atom is 0.148 e. The molecule has 1 saturated carbocycles. The summed E-state index contributed by atoms with van der Waals surface area (Å²) in [5.74, 6) is 1.01. The lowest BCUT2D eigenvalue weighted by atomic mass is 10.0. The van der Waals surface area contributed by atoms with Gasteiger partial charge in [-0.1, -0.05) is 26.2 Å². The molecular weight excluding hydrogens is 268 g/mol. The lowest BCUT2D eigenvalue weighted by molar-refractivity contribution is -0.116. The fourth-order valence-electron chi connectivity index (χ4n) is 2.80. The van der Waals surface area contributed by atoms with Crippen LogP contribution >= 0.6 is 11.8 Å². The Balaban J connectivity index is 1.82. The molecule has 112 valence electrons. The van der Waals surface area contributed by atoms with Gasteiger partial charge in [-0.25, -0.2) is 0 Å². The minimum Gasteiger partial charge on any atom is -0.298 e. The first kappa shape index (κ1) is 15.6. The van der Waals surface area contributed by atoms with Crippen molar-refractivity contribution in [1.29, 1.82) is 0 Å². The maximum absolute atomic E-state index is 12.2. The van der Waals surface area contributed by atoms with Gasteiger partial charge >= 0.3 is 0 Å². The second-order valence-corrected chi connectivity index (χ2v) is 6.87. The molecule has 20 heavy (non-hydrogen) atoms. The van der Waals surface area contributed by atoms with Gasteiger partial charge in [0.05, 0.1) is 11.4 Å². The molecule has 0 aliphatic heterocycles. The van der Waals surface area contributed by atoms with Crippen LogP contribution in [0, 0.1) is 0 Å². The highest BCUT2D eigenvalue weighted by Crippen LogP contribution is 2.28. The van der Waals surface area contributed by atoms with E-state index >= 15 is 0 Å². The molecule has 0 aromatic carbocycles. The summed E-state index contributed by atoms with van der Waals surface area (Å²) in [6.07, 6.45) is 8.13. The summed E-state index contributed by atoms with van der Waals surface area (Å²) >= 11 is 1.87. The van der Waals surface area contributed by atoms with Gasteiger partial charge in [0.1, 0.15) is 5.78 Å². The highest BCUT2D eigenvalue weighted by Gasteiger charge is 2.16. The van der Waals surface area contributed by atoms with E-state index < -0.39 is 0 Å². The molecule has 1 heterocycles. The Hall–Kier alpha value is -0.770. The summed E-state index contributed by atoms with van der Waals surface area (Å²) in [5.41, 5.74) is 2.17. The number of aromatic nitrogens is 2. The van der Waals surface area contributed by atoms with Crippen molar-refractivity contribution >= 4 is 17.5 Å². The summed E-state index contributed by atoms with van der Waals surface area (Å²) in [6, 6.07) is 2.09. The minimum absolute atomic E-state index is 0.345. The van der Waals surface area contributed by atoms with Crippen molar-refractivity contribution in [3.8, 4) is 0 Å². The zero-order valence-electron chi connectivity index (χ0n) is 12.7. The molecule has 0 bridgehead atoms. The Morgan fingerprint density at radius 2 is 2.10 bits per heavy atom. The molecule has 0 amide bonds. The Morgan fingerprint density at radius 3 is 2.75 bits per heavy atom. The number of ketones is 1. The quantitative estimate of drug-likeness (QED) is 0.770. The highest BCUT2D eigenvalue weighted by atomic mass is 32.2. The average molecular weight is 294 g/mol. The van der Waals surface area contributed by atoms with Crippen molar-refractivity contribution in [2.75, 3.05) is 5.75 Å². The molecule has 3 nitrogen and oxygen atoms in total. The van der Waals surface area contributed by atoms with Crippen molar-refractivity contribution < 1.29 is 4.79 Å². The number of carbonyl (C=O) groups excluding carboxylic acids is 1. The van der Waals surface area contributed by atoms with Gasteiger partial charge in [0.15, 0.2) is 0 Å². The lowest BCUT2D eigenvalue weighted by Crippen LogP contribution is -2.15. The first-order valence-electron chi connectivity index (χ1n) is 7.91.